The predicted octanol–water partition coefficient (Wildman–Crippen LogP) is 2.33. The maximum atomic E-state index is 12.4. The fourth-order valence-corrected chi connectivity index (χ4v) is 1.76. The quantitative estimate of drug-likeness (QED) is 0.775. The maximum absolute atomic E-state index is 12.4. The third kappa shape index (κ3) is 2.09. The van der Waals surface area contributed by atoms with Gasteiger partial charge < -0.3 is 4.74 Å². The number of benzene rings is 1. The third-order valence-corrected chi connectivity index (χ3v) is 2.92. The van der Waals surface area contributed by atoms with Crippen molar-refractivity contribution in [2.75, 3.05) is 7.11 Å². The molecule has 0 saturated heterocycles. The molecule has 92 valence electrons. The number of carbonyl (C=O) groups excluding carboxylic acids is 1. The molecule has 0 N–H and O–H groups in total. The fraction of sp³-hybridized carbons (Fsp3) is 0.214. The van der Waals surface area contributed by atoms with Gasteiger partial charge in [-0.15, -0.1) is 0 Å². The highest BCUT2D eigenvalue weighted by atomic mass is 16.5. The van der Waals surface area contributed by atoms with Gasteiger partial charge in [0, 0.05) is 18.0 Å². The summed E-state index contributed by atoms with van der Waals surface area (Å²) >= 11 is 0. The topological polar surface area (TPSA) is 52.1 Å². The van der Waals surface area contributed by atoms with Gasteiger partial charge in [-0.25, -0.2) is 9.97 Å². The molecule has 2 rings (SSSR count). The number of ketones is 1. The second-order valence-corrected chi connectivity index (χ2v) is 3.99. The van der Waals surface area contributed by atoms with Gasteiger partial charge in [-0.3, -0.25) is 4.79 Å². The molecule has 0 aliphatic rings. The highest BCUT2D eigenvalue weighted by Gasteiger charge is 2.18. The van der Waals surface area contributed by atoms with E-state index in [1.165, 1.54) is 19.5 Å². The smallest absolute Gasteiger partial charge is 0.243 e. The van der Waals surface area contributed by atoms with Crippen molar-refractivity contribution >= 4 is 5.78 Å². The van der Waals surface area contributed by atoms with E-state index < -0.39 is 0 Å². The van der Waals surface area contributed by atoms with Gasteiger partial charge in [-0.2, -0.15) is 0 Å². The molecule has 0 saturated carbocycles. The summed E-state index contributed by atoms with van der Waals surface area (Å²) in [5, 5.41) is 0. The summed E-state index contributed by atoms with van der Waals surface area (Å²) in [5.41, 5.74) is 2.90. The number of rotatable bonds is 3. The van der Waals surface area contributed by atoms with Gasteiger partial charge in [-0.05, 0) is 25.0 Å². The van der Waals surface area contributed by atoms with Crippen LogP contribution in [0.15, 0.2) is 30.6 Å². The van der Waals surface area contributed by atoms with E-state index in [4.69, 9.17) is 4.74 Å². The van der Waals surface area contributed by atoms with Gasteiger partial charge in [0.05, 0.1) is 7.11 Å². The van der Waals surface area contributed by atoms with Crippen molar-refractivity contribution in [3.63, 3.8) is 0 Å². The molecule has 0 atom stereocenters. The number of hydrogen-bond acceptors (Lipinski definition) is 4. The molecule has 0 unspecified atom stereocenters. The van der Waals surface area contributed by atoms with Gasteiger partial charge in [0.2, 0.25) is 11.7 Å². The molecule has 0 amide bonds. The molecule has 1 heterocycles. The van der Waals surface area contributed by atoms with Crippen molar-refractivity contribution in [3.8, 4) is 5.88 Å². The van der Waals surface area contributed by atoms with Crippen LogP contribution in [0.5, 0.6) is 5.88 Å². The van der Waals surface area contributed by atoms with Crippen LogP contribution in [0.3, 0.4) is 0 Å². The first-order valence-corrected chi connectivity index (χ1v) is 5.61. The van der Waals surface area contributed by atoms with Crippen LogP contribution in [-0.4, -0.2) is 22.9 Å². The van der Waals surface area contributed by atoms with Crippen LogP contribution >= 0.6 is 0 Å². The Morgan fingerprint density at radius 1 is 1.17 bits per heavy atom. The predicted molar refractivity (Wildman–Crippen MR) is 67.9 cm³/mol. The minimum atomic E-state index is -0.166. The summed E-state index contributed by atoms with van der Waals surface area (Å²) in [6, 6.07) is 5.62. The molecule has 1 aromatic carbocycles. The van der Waals surface area contributed by atoms with Crippen molar-refractivity contribution in [3.05, 3.63) is 53.0 Å². The molecule has 4 heteroatoms. The molecular formula is C14H14N2O2. The van der Waals surface area contributed by atoms with Crippen molar-refractivity contribution in [2.45, 2.75) is 13.8 Å². The van der Waals surface area contributed by atoms with E-state index in [2.05, 4.69) is 9.97 Å². The number of hydrogen-bond donors (Lipinski definition) is 0. The number of aryl methyl sites for hydroxylation is 1. The lowest BCUT2D eigenvalue weighted by Gasteiger charge is -2.08. The van der Waals surface area contributed by atoms with Gasteiger partial charge in [0.15, 0.2) is 5.69 Å². The largest absolute Gasteiger partial charge is 0.479 e. The van der Waals surface area contributed by atoms with Crippen LogP contribution in [0.1, 0.15) is 27.2 Å². The van der Waals surface area contributed by atoms with Crippen molar-refractivity contribution in [1.29, 1.82) is 0 Å². The van der Waals surface area contributed by atoms with E-state index in [0.717, 1.165) is 11.1 Å². The Labute approximate surface area is 106 Å². The SMILES string of the molecule is COc1nccnc1C(=O)c1cccc(C)c1C. The van der Waals surface area contributed by atoms with E-state index in [1.54, 1.807) is 6.07 Å². The zero-order chi connectivity index (χ0) is 13.1. The van der Waals surface area contributed by atoms with Crippen LogP contribution in [0, 0.1) is 13.8 Å². The molecule has 2 aromatic rings. The zero-order valence-corrected chi connectivity index (χ0v) is 10.6. The number of nitrogens with zero attached hydrogens (tertiary/aromatic N) is 2. The Balaban J connectivity index is 2.52. The van der Waals surface area contributed by atoms with Gasteiger partial charge >= 0.3 is 0 Å². The molecule has 4 nitrogen and oxygen atoms in total. The van der Waals surface area contributed by atoms with Gasteiger partial charge in [-0.1, -0.05) is 18.2 Å². The summed E-state index contributed by atoms with van der Waals surface area (Å²) in [6.45, 7) is 3.89. The van der Waals surface area contributed by atoms with Gasteiger partial charge in [0.25, 0.3) is 0 Å². The van der Waals surface area contributed by atoms with Crippen molar-refractivity contribution in [1.82, 2.24) is 9.97 Å². The van der Waals surface area contributed by atoms with Crippen LogP contribution in [0.25, 0.3) is 0 Å². The average molecular weight is 242 g/mol. The first-order valence-electron chi connectivity index (χ1n) is 5.61. The standard InChI is InChI=1S/C14H14N2O2/c1-9-5-4-6-11(10(9)2)13(17)12-14(18-3)16-8-7-15-12/h4-8H,1-3H3. The highest BCUT2D eigenvalue weighted by Crippen LogP contribution is 2.20. The molecule has 0 radical (unpaired) electrons. The normalized spacial score (nSPS) is 10.2. The molecule has 0 aliphatic carbocycles. The van der Waals surface area contributed by atoms with E-state index in [1.807, 2.05) is 26.0 Å². The molecule has 18 heavy (non-hydrogen) atoms. The minimum absolute atomic E-state index is 0.166. The van der Waals surface area contributed by atoms with Crippen molar-refractivity contribution in [2.24, 2.45) is 0 Å². The Bertz CT molecular complexity index is 594. The molecule has 1 aromatic heterocycles. The number of carbonyl (C=O) groups is 1. The summed E-state index contributed by atoms with van der Waals surface area (Å²) in [7, 11) is 1.48. The second kappa shape index (κ2) is 4.96. The van der Waals surface area contributed by atoms with Crippen LogP contribution in [0.4, 0.5) is 0 Å². The Morgan fingerprint density at radius 3 is 2.61 bits per heavy atom. The Kier molecular flexibility index (Phi) is 3.37. The summed E-state index contributed by atoms with van der Waals surface area (Å²) in [4.78, 5) is 20.5. The van der Waals surface area contributed by atoms with Gasteiger partial charge in [0.1, 0.15) is 0 Å². The fourth-order valence-electron chi connectivity index (χ4n) is 1.76. The summed E-state index contributed by atoms with van der Waals surface area (Å²) in [6.07, 6.45) is 2.99. The van der Waals surface area contributed by atoms with Crippen LogP contribution in [0.2, 0.25) is 0 Å². The number of ether oxygens (including phenoxy) is 1. The zero-order valence-electron chi connectivity index (χ0n) is 10.6. The Hall–Kier alpha value is -2.23. The van der Waals surface area contributed by atoms with E-state index in [9.17, 15) is 4.79 Å². The monoisotopic (exact) mass is 242 g/mol. The molecule has 0 aliphatic heterocycles. The summed E-state index contributed by atoms with van der Waals surface area (Å²) < 4.78 is 5.06. The first kappa shape index (κ1) is 12.2. The van der Waals surface area contributed by atoms with E-state index >= 15 is 0 Å². The molecular weight excluding hydrogens is 228 g/mol. The highest BCUT2D eigenvalue weighted by molar-refractivity contribution is 6.10. The molecule has 0 spiro atoms. The van der Waals surface area contributed by atoms with E-state index in [0.29, 0.717) is 5.56 Å². The average Bonchev–Trinajstić information content (AvgIpc) is 2.41. The molecule has 0 bridgehead atoms. The number of aromatic nitrogens is 2. The second-order valence-electron chi connectivity index (χ2n) is 3.99. The Morgan fingerprint density at radius 2 is 1.89 bits per heavy atom. The lowest BCUT2D eigenvalue weighted by molar-refractivity contribution is 0.102. The molecule has 0 fully saturated rings. The minimum Gasteiger partial charge on any atom is -0.479 e. The number of methoxy groups -OCH3 is 1. The van der Waals surface area contributed by atoms with Crippen molar-refractivity contribution < 1.29 is 9.53 Å². The van der Waals surface area contributed by atoms with Crippen LogP contribution in [-0.2, 0) is 0 Å². The lowest BCUT2D eigenvalue weighted by Crippen LogP contribution is -2.09. The lowest BCUT2D eigenvalue weighted by atomic mass is 9.99. The third-order valence-electron chi connectivity index (χ3n) is 2.92. The van der Waals surface area contributed by atoms with Crippen LogP contribution < -0.4 is 4.74 Å². The maximum Gasteiger partial charge on any atom is 0.243 e. The van der Waals surface area contributed by atoms with E-state index in [-0.39, 0.29) is 17.4 Å². The first-order chi connectivity index (χ1) is 8.65. The summed E-state index contributed by atoms with van der Waals surface area (Å²) in [5.74, 6) is 0.0876.